The smallest absolute Gasteiger partial charge is 0.343 e. The Kier molecular flexibility index (Phi) is 7.99. The Labute approximate surface area is 206 Å². The van der Waals surface area contributed by atoms with E-state index in [4.69, 9.17) is 14.2 Å². The van der Waals surface area contributed by atoms with Gasteiger partial charge in [-0.1, -0.05) is 23.8 Å². The Morgan fingerprint density at radius 3 is 2.25 bits per heavy atom. The van der Waals surface area contributed by atoms with E-state index in [0.717, 1.165) is 11.6 Å². The van der Waals surface area contributed by atoms with Crippen LogP contribution < -0.4 is 19.5 Å². The summed E-state index contributed by atoms with van der Waals surface area (Å²) >= 11 is 0. The summed E-state index contributed by atoms with van der Waals surface area (Å²) in [6.45, 7) is 1.89. The van der Waals surface area contributed by atoms with Gasteiger partial charge in [-0.25, -0.2) is 4.79 Å². The zero-order chi connectivity index (χ0) is 26.2. The second-order valence-electron chi connectivity index (χ2n) is 7.43. The fourth-order valence-corrected chi connectivity index (χ4v) is 3.12. The van der Waals surface area contributed by atoms with Crippen LogP contribution in [0.4, 0.5) is 11.4 Å². The van der Waals surface area contributed by atoms with Crippen molar-refractivity contribution < 1.29 is 28.7 Å². The average molecular weight is 487 g/mol. The van der Waals surface area contributed by atoms with E-state index in [2.05, 4.69) is 5.32 Å². The molecule has 0 unspecified atom stereocenters. The number of hydrogen-bond acceptors (Lipinski definition) is 8. The van der Waals surface area contributed by atoms with Gasteiger partial charge in [0.2, 0.25) is 0 Å². The van der Waals surface area contributed by atoms with Gasteiger partial charge in [-0.15, -0.1) is 0 Å². The maximum absolute atomic E-state index is 12.8. The standard InChI is InChI=1S/C26H21N3O7/c1-16-4-7-18(8-5-16)26(31)36-24-13-17(6-10-23(24)35-3)12-19(15-27)25(30)28-21-14-20(29(32)33)9-11-22(21)34-2/h4-14H,1-3H3,(H,28,30)/b19-12+. The van der Waals surface area contributed by atoms with Gasteiger partial charge >= 0.3 is 5.97 Å². The number of benzene rings is 3. The molecule has 0 atom stereocenters. The van der Waals surface area contributed by atoms with Gasteiger partial charge in [0.25, 0.3) is 11.6 Å². The summed E-state index contributed by atoms with van der Waals surface area (Å²) in [7, 11) is 2.75. The van der Waals surface area contributed by atoms with Gasteiger partial charge in [-0.05, 0) is 48.9 Å². The van der Waals surface area contributed by atoms with Crippen LogP contribution in [-0.4, -0.2) is 31.0 Å². The van der Waals surface area contributed by atoms with Gasteiger partial charge in [0.15, 0.2) is 11.5 Å². The highest BCUT2D eigenvalue weighted by Gasteiger charge is 2.17. The van der Waals surface area contributed by atoms with Crippen molar-refractivity contribution >= 4 is 29.3 Å². The summed E-state index contributed by atoms with van der Waals surface area (Å²) in [6, 6.07) is 16.9. The van der Waals surface area contributed by atoms with Crippen molar-refractivity contribution in [2.75, 3.05) is 19.5 Å². The first-order valence-corrected chi connectivity index (χ1v) is 10.5. The second-order valence-corrected chi connectivity index (χ2v) is 7.43. The van der Waals surface area contributed by atoms with E-state index in [-0.39, 0.29) is 34.2 Å². The normalized spacial score (nSPS) is 10.7. The van der Waals surface area contributed by atoms with Crippen LogP contribution in [0.15, 0.2) is 66.2 Å². The molecule has 0 aliphatic carbocycles. The van der Waals surface area contributed by atoms with Crippen LogP contribution in [0.2, 0.25) is 0 Å². The van der Waals surface area contributed by atoms with Gasteiger partial charge in [0, 0.05) is 12.1 Å². The van der Waals surface area contributed by atoms with Crippen LogP contribution in [0.25, 0.3) is 6.08 Å². The number of rotatable bonds is 8. The number of ether oxygens (including phenoxy) is 3. The highest BCUT2D eigenvalue weighted by molar-refractivity contribution is 6.10. The number of carbonyl (C=O) groups excluding carboxylic acids is 2. The van der Waals surface area contributed by atoms with E-state index < -0.39 is 16.8 Å². The number of hydrogen-bond donors (Lipinski definition) is 1. The van der Waals surface area contributed by atoms with E-state index in [9.17, 15) is 25.0 Å². The molecule has 1 N–H and O–H groups in total. The zero-order valence-electron chi connectivity index (χ0n) is 19.6. The van der Waals surface area contributed by atoms with Gasteiger partial charge in [0.05, 0.1) is 30.4 Å². The molecule has 0 fully saturated rings. The van der Waals surface area contributed by atoms with E-state index in [0.29, 0.717) is 11.1 Å². The molecule has 3 aromatic carbocycles. The number of nitrogens with zero attached hydrogens (tertiary/aromatic N) is 2. The molecule has 0 saturated heterocycles. The van der Waals surface area contributed by atoms with E-state index in [1.807, 2.05) is 6.92 Å². The Balaban J connectivity index is 1.88. The van der Waals surface area contributed by atoms with Crippen LogP contribution in [0, 0.1) is 28.4 Å². The molecule has 0 radical (unpaired) electrons. The average Bonchev–Trinajstić information content (AvgIpc) is 2.87. The molecule has 3 rings (SSSR count). The van der Waals surface area contributed by atoms with Crippen molar-refractivity contribution in [2.24, 2.45) is 0 Å². The van der Waals surface area contributed by atoms with Crippen LogP contribution in [-0.2, 0) is 4.79 Å². The van der Waals surface area contributed by atoms with Crippen molar-refractivity contribution in [1.82, 2.24) is 0 Å². The molecular formula is C26H21N3O7. The van der Waals surface area contributed by atoms with Crippen molar-refractivity contribution in [3.63, 3.8) is 0 Å². The molecule has 1 amide bonds. The van der Waals surface area contributed by atoms with E-state index in [1.54, 1.807) is 36.4 Å². The molecule has 10 nitrogen and oxygen atoms in total. The summed E-state index contributed by atoms with van der Waals surface area (Å²) in [4.78, 5) is 35.8. The minimum atomic E-state index is -0.815. The zero-order valence-corrected chi connectivity index (χ0v) is 19.6. The largest absolute Gasteiger partial charge is 0.495 e. The number of nitrogens with one attached hydrogen (secondary N) is 1. The number of esters is 1. The maximum atomic E-state index is 12.8. The van der Waals surface area contributed by atoms with E-state index in [1.165, 1.54) is 44.6 Å². The highest BCUT2D eigenvalue weighted by Crippen LogP contribution is 2.31. The molecule has 0 aromatic heterocycles. The Bertz CT molecular complexity index is 1390. The molecule has 3 aromatic rings. The lowest BCUT2D eigenvalue weighted by Crippen LogP contribution is -2.14. The molecule has 0 aliphatic heterocycles. The minimum Gasteiger partial charge on any atom is -0.495 e. The minimum absolute atomic E-state index is 0.0281. The maximum Gasteiger partial charge on any atom is 0.343 e. The van der Waals surface area contributed by atoms with Crippen LogP contribution in [0.1, 0.15) is 21.5 Å². The number of aryl methyl sites for hydroxylation is 1. The number of carbonyl (C=O) groups is 2. The third kappa shape index (κ3) is 6.03. The number of nitro benzene ring substituents is 1. The predicted molar refractivity (Wildman–Crippen MR) is 131 cm³/mol. The Morgan fingerprint density at radius 2 is 1.64 bits per heavy atom. The molecule has 10 heteroatoms. The topological polar surface area (TPSA) is 141 Å². The molecule has 182 valence electrons. The van der Waals surface area contributed by atoms with Crippen LogP contribution in [0.3, 0.4) is 0 Å². The van der Waals surface area contributed by atoms with Gasteiger partial charge < -0.3 is 19.5 Å². The molecule has 0 heterocycles. The third-order valence-electron chi connectivity index (χ3n) is 5.00. The lowest BCUT2D eigenvalue weighted by atomic mass is 10.1. The number of non-ortho nitro benzene ring substituents is 1. The van der Waals surface area contributed by atoms with Crippen LogP contribution >= 0.6 is 0 Å². The van der Waals surface area contributed by atoms with Crippen molar-refractivity contribution in [3.05, 3.63) is 93.0 Å². The molecule has 0 bridgehead atoms. The van der Waals surface area contributed by atoms with Gasteiger partial charge in [-0.3, -0.25) is 14.9 Å². The van der Waals surface area contributed by atoms with Gasteiger partial charge in [-0.2, -0.15) is 5.26 Å². The number of amides is 1. The fraction of sp³-hybridized carbons (Fsp3) is 0.115. The molecule has 0 aliphatic rings. The fourth-order valence-electron chi connectivity index (χ4n) is 3.12. The summed E-state index contributed by atoms with van der Waals surface area (Å²) in [5, 5.41) is 23.1. The van der Waals surface area contributed by atoms with Crippen molar-refractivity contribution in [3.8, 4) is 23.3 Å². The number of nitriles is 1. The number of nitro groups is 1. The molecular weight excluding hydrogens is 466 g/mol. The highest BCUT2D eigenvalue weighted by atomic mass is 16.6. The summed E-state index contributed by atoms with van der Waals surface area (Å²) < 4.78 is 15.9. The van der Waals surface area contributed by atoms with E-state index >= 15 is 0 Å². The quantitative estimate of drug-likeness (QED) is 0.121. The molecule has 36 heavy (non-hydrogen) atoms. The summed E-state index contributed by atoms with van der Waals surface area (Å²) in [6.07, 6.45) is 1.28. The van der Waals surface area contributed by atoms with Crippen molar-refractivity contribution in [2.45, 2.75) is 6.92 Å². The van der Waals surface area contributed by atoms with Crippen LogP contribution in [0.5, 0.6) is 17.2 Å². The SMILES string of the molecule is COc1ccc([N+](=O)[O-])cc1NC(=O)/C(C#N)=C/c1ccc(OC)c(OC(=O)c2ccc(C)cc2)c1. The second kappa shape index (κ2) is 11.3. The van der Waals surface area contributed by atoms with Crippen molar-refractivity contribution in [1.29, 1.82) is 5.26 Å². The molecule has 0 saturated carbocycles. The summed E-state index contributed by atoms with van der Waals surface area (Å²) in [5.41, 5.74) is 1.17. The summed E-state index contributed by atoms with van der Waals surface area (Å²) in [5.74, 6) is -0.872. The lowest BCUT2D eigenvalue weighted by molar-refractivity contribution is -0.384. The lowest BCUT2D eigenvalue weighted by Gasteiger charge is -2.11. The number of anilines is 1. The predicted octanol–water partition coefficient (Wildman–Crippen LogP) is 4.69. The Morgan fingerprint density at radius 1 is 0.972 bits per heavy atom. The Hall–Kier alpha value is -5.17. The first-order valence-electron chi connectivity index (χ1n) is 10.5. The van der Waals surface area contributed by atoms with Gasteiger partial charge in [0.1, 0.15) is 17.4 Å². The number of methoxy groups -OCH3 is 2. The molecule has 0 spiro atoms. The third-order valence-corrected chi connectivity index (χ3v) is 5.00. The monoisotopic (exact) mass is 487 g/mol. The first-order chi connectivity index (χ1) is 17.2. The first kappa shape index (κ1) is 25.5.